The number of aromatic nitrogens is 2. The summed E-state index contributed by atoms with van der Waals surface area (Å²) in [6.45, 7) is 9.39. The van der Waals surface area contributed by atoms with Crippen LogP contribution in [0.3, 0.4) is 0 Å². The maximum Gasteiger partial charge on any atom is 0.274 e. The fraction of sp³-hybridized carbons (Fsp3) is 0.550. The Morgan fingerprint density at radius 1 is 1.27 bits per heavy atom. The van der Waals surface area contributed by atoms with Crippen LogP contribution in [0, 0.1) is 12.8 Å². The van der Waals surface area contributed by atoms with Crippen molar-refractivity contribution in [2.75, 3.05) is 6.61 Å². The highest BCUT2D eigenvalue weighted by Crippen LogP contribution is 2.31. The molecule has 3 rings (SSSR count). The Balaban J connectivity index is 1.94. The van der Waals surface area contributed by atoms with Crippen LogP contribution in [0.25, 0.3) is 10.9 Å². The second kappa shape index (κ2) is 8.68. The maximum atomic E-state index is 12.9. The fourth-order valence-corrected chi connectivity index (χ4v) is 4.70. The molecule has 1 aliphatic carbocycles. The van der Waals surface area contributed by atoms with Crippen LogP contribution in [0.2, 0.25) is 25.7 Å². The second-order valence-electron chi connectivity index (χ2n) is 9.07. The Morgan fingerprint density at radius 2 is 1.93 bits per heavy atom. The Kier molecular flexibility index (Phi) is 6.59. The van der Waals surface area contributed by atoms with Crippen molar-refractivity contribution in [3.63, 3.8) is 0 Å². The minimum Gasteiger partial charge on any atom is -0.361 e. The molecule has 2 heterocycles. The van der Waals surface area contributed by atoms with Crippen LogP contribution in [-0.4, -0.2) is 35.6 Å². The summed E-state index contributed by atoms with van der Waals surface area (Å²) in [7, 11) is 0.426. The molecule has 8 nitrogen and oxygen atoms in total. The molecule has 2 aromatic rings. The molecule has 1 fully saturated rings. The number of aryl methyl sites for hydroxylation is 1. The van der Waals surface area contributed by atoms with Crippen molar-refractivity contribution in [3.05, 3.63) is 32.3 Å². The summed E-state index contributed by atoms with van der Waals surface area (Å²) < 4.78 is 9.72. The summed E-state index contributed by atoms with van der Waals surface area (Å²) in [5.41, 5.74) is 6.12. The molecule has 30 heavy (non-hydrogen) atoms. The molecular weight excluding hydrogens is 468 g/mol. The van der Waals surface area contributed by atoms with E-state index in [0.717, 1.165) is 18.9 Å². The van der Waals surface area contributed by atoms with E-state index in [1.807, 2.05) is 0 Å². The van der Waals surface area contributed by atoms with E-state index in [9.17, 15) is 14.4 Å². The van der Waals surface area contributed by atoms with E-state index in [1.54, 1.807) is 24.7 Å². The molecular formula is C20H29BrN4O4Si. The van der Waals surface area contributed by atoms with Crippen molar-refractivity contribution in [1.29, 1.82) is 0 Å². The monoisotopic (exact) mass is 496 g/mol. The standard InChI is InChI=1S/C20H29BrN4O4Si/c1-12-15(19(27)23-22-18(26)13-6-7-13)16-14(21)10-24(2)20(28)17(16)25(12)11-29-8-9-30(3,4)5/h10,13H,6-9,11H2,1-5H3,(H,22,26)(H,23,27). The third-order valence-corrected chi connectivity index (χ3v) is 7.59. The molecule has 2 amide bonds. The highest BCUT2D eigenvalue weighted by molar-refractivity contribution is 9.10. The number of rotatable bonds is 7. The number of nitrogens with one attached hydrogen (secondary N) is 2. The lowest BCUT2D eigenvalue weighted by atomic mass is 10.1. The number of nitrogens with zero attached hydrogens (tertiary/aromatic N) is 2. The number of hydrogen-bond acceptors (Lipinski definition) is 4. The molecule has 0 atom stereocenters. The van der Waals surface area contributed by atoms with Crippen LogP contribution in [0.4, 0.5) is 0 Å². The van der Waals surface area contributed by atoms with Crippen LogP contribution >= 0.6 is 15.9 Å². The van der Waals surface area contributed by atoms with E-state index in [1.165, 1.54) is 4.57 Å². The van der Waals surface area contributed by atoms with Crippen molar-refractivity contribution in [1.82, 2.24) is 20.0 Å². The van der Waals surface area contributed by atoms with Crippen molar-refractivity contribution >= 4 is 46.7 Å². The van der Waals surface area contributed by atoms with Gasteiger partial charge in [-0.15, -0.1) is 0 Å². The van der Waals surface area contributed by atoms with Gasteiger partial charge in [0.05, 0.1) is 5.56 Å². The molecule has 0 unspecified atom stereocenters. The molecule has 0 aromatic carbocycles. The number of hydrazine groups is 1. The SMILES string of the molecule is Cc1c(C(=O)NNC(=O)C2CC2)c2c(Br)cn(C)c(=O)c2n1COCC[Si](C)(C)C. The molecule has 2 aromatic heterocycles. The largest absolute Gasteiger partial charge is 0.361 e. The normalized spacial score (nSPS) is 14.2. The van der Waals surface area contributed by atoms with E-state index in [2.05, 4.69) is 46.4 Å². The summed E-state index contributed by atoms with van der Waals surface area (Å²) in [5, 5.41) is 0.516. The number of halogens is 1. The van der Waals surface area contributed by atoms with Crippen molar-refractivity contribution in [2.45, 2.75) is 52.2 Å². The molecule has 2 N–H and O–H groups in total. The first-order chi connectivity index (χ1) is 14.0. The average molecular weight is 497 g/mol. The van der Waals surface area contributed by atoms with Gasteiger partial charge in [-0.25, -0.2) is 0 Å². The van der Waals surface area contributed by atoms with E-state index < -0.39 is 14.0 Å². The molecule has 1 saturated carbocycles. The zero-order chi connectivity index (χ0) is 22.2. The van der Waals surface area contributed by atoms with Gasteiger partial charge >= 0.3 is 0 Å². The Bertz CT molecular complexity index is 1050. The summed E-state index contributed by atoms with van der Waals surface area (Å²) >= 11 is 3.49. The molecule has 0 saturated heterocycles. The van der Waals surface area contributed by atoms with Crippen LogP contribution in [0.1, 0.15) is 28.9 Å². The van der Waals surface area contributed by atoms with Gasteiger partial charge in [-0.3, -0.25) is 25.2 Å². The van der Waals surface area contributed by atoms with Crippen LogP contribution < -0.4 is 16.4 Å². The predicted octanol–water partition coefficient (Wildman–Crippen LogP) is 2.89. The third kappa shape index (κ3) is 4.87. The first-order valence-electron chi connectivity index (χ1n) is 10.1. The highest BCUT2D eigenvalue weighted by Gasteiger charge is 2.31. The number of carbonyl (C=O) groups excluding carboxylic acids is 2. The van der Waals surface area contributed by atoms with Crippen molar-refractivity contribution < 1.29 is 14.3 Å². The van der Waals surface area contributed by atoms with Gasteiger partial charge < -0.3 is 13.9 Å². The van der Waals surface area contributed by atoms with Gasteiger partial charge in [0.25, 0.3) is 11.5 Å². The number of amides is 2. The van der Waals surface area contributed by atoms with Gasteiger partial charge in [0.2, 0.25) is 5.91 Å². The van der Waals surface area contributed by atoms with Gasteiger partial charge in [0.1, 0.15) is 12.2 Å². The number of ether oxygens (including phenoxy) is 1. The summed E-state index contributed by atoms with van der Waals surface area (Å²) in [4.78, 5) is 37.8. The van der Waals surface area contributed by atoms with Gasteiger partial charge in [0.15, 0.2) is 0 Å². The van der Waals surface area contributed by atoms with Gasteiger partial charge in [0, 0.05) is 49.4 Å². The molecule has 164 valence electrons. The van der Waals surface area contributed by atoms with Gasteiger partial charge in [-0.2, -0.15) is 0 Å². The van der Waals surface area contributed by atoms with Crippen LogP contribution in [0.5, 0.6) is 0 Å². The second-order valence-corrected chi connectivity index (χ2v) is 15.5. The number of hydrogen-bond donors (Lipinski definition) is 2. The van der Waals surface area contributed by atoms with Crippen molar-refractivity contribution in [3.8, 4) is 0 Å². The quantitative estimate of drug-likeness (QED) is 0.350. The lowest BCUT2D eigenvalue weighted by Crippen LogP contribution is -2.42. The number of pyridine rings is 1. The molecule has 0 radical (unpaired) electrons. The predicted molar refractivity (Wildman–Crippen MR) is 122 cm³/mol. The van der Waals surface area contributed by atoms with E-state index in [4.69, 9.17) is 4.74 Å². The van der Waals surface area contributed by atoms with Crippen LogP contribution in [-0.2, 0) is 23.3 Å². The fourth-order valence-electron chi connectivity index (χ4n) is 3.25. The molecule has 0 spiro atoms. The molecule has 0 aliphatic heterocycles. The van der Waals surface area contributed by atoms with E-state index in [-0.39, 0.29) is 24.1 Å². The van der Waals surface area contributed by atoms with Crippen molar-refractivity contribution in [2.24, 2.45) is 13.0 Å². The van der Waals surface area contributed by atoms with E-state index >= 15 is 0 Å². The third-order valence-electron chi connectivity index (χ3n) is 5.28. The summed E-state index contributed by atoms with van der Waals surface area (Å²) in [5.74, 6) is -0.665. The Hall–Kier alpha value is -1.91. The minimum absolute atomic E-state index is 0.0217. The summed E-state index contributed by atoms with van der Waals surface area (Å²) in [6, 6.07) is 1.01. The number of carbonyl (C=O) groups is 2. The van der Waals surface area contributed by atoms with Crippen LogP contribution in [0.15, 0.2) is 15.5 Å². The Morgan fingerprint density at radius 3 is 2.53 bits per heavy atom. The first kappa shape index (κ1) is 22.8. The highest BCUT2D eigenvalue weighted by atomic mass is 79.9. The van der Waals surface area contributed by atoms with E-state index in [0.29, 0.717) is 33.2 Å². The van der Waals surface area contributed by atoms with Gasteiger partial charge in [-0.1, -0.05) is 19.6 Å². The maximum absolute atomic E-state index is 12.9. The summed E-state index contributed by atoms with van der Waals surface area (Å²) in [6.07, 6.45) is 3.33. The molecule has 1 aliphatic rings. The molecule has 0 bridgehead atoms. The topological polar surface area (TPSA) is 94.4 Å². The lowest BCUT2D eigenvalue weighted by Gasteiger charge is -2.16. The smallest absolute Gasteiger partial charge is 0.274 e. The Labute approximate surface area is 185 Å². The zero-order valence-corrected chi connectivity index (χ0v) is 20.7. The first-order valence-corrected chi connectivity index (χ1v) is 14.6. The average Bonchev–Trinajstić information content (AvgIpc) is 3.45. The lowest BCUT2D eigenvalue weighted by molar-refractivity contribution is -0.123. The zero-order valence-electron chi connectivity index (χ0n) is 18.1. The molecule has 10 heteroatoms. The number of fused-ring (bicyclic) bond motifs is 1. The minimum atomic E-state index is -1.24. The van der Waals surface area contributed by atoms with Gasteiger partial charge in [-0.05, 0) is 41.7 Å².